The molecule has 0 saturated heterocycles. The Labute approximate surface area is 132 Å². The van der Waals surface area contributed by atoms with E-state index >= 15 is 0 Å². The van der Waals surface area contributed by atoms with Crippen LogP contribution in [0, 0.1) is 5.82 Å². The van der Waals surface area contributed by atoms with E-state index in [1.807, 2.05) is 0 Å². The lowest BCUT2D eigenvalue weighted by Gasteiger charge is -2.19. The number of hydrogen-bond acceptors (Lipinski definition) is 2. The molecule has 3 nitrogen and oxygen atoms in total. The van der Waals surface area contributed by atoms with E-state index in [9.17, 15) is 22.4 Å². The maximum absolute atomic E-state index is 13.6. The van der Waals surface area contributed by atoms with Crippen LogP contribution in [0.2, 0.25) is 0 Å². The van der Waals surface area contributed by atoms with E-state index in [-0.39, 0.29) is 12.1 Å². The zero-order valence-electron chi connectivity index (χ0n) is 13.1. The molecule has 0 saturated carbocycles. The van der Waals surface area contributed by atoms with Gasteiger partial charge in [0.05, 0.1) is 5.56 Å². The Balaban J connectivity index is 2.48. The van der Waals surface area contributed by atoms with E-state index in [1.165, 1.54) is 6.08 Å². The van der Waals surface area contributed by atoms with Crippen LogP contribution >= 0.6 is 0 Å². The molecule has 0 fully saturated rings. The molecule has 0 unspecified atom stereocenters. The number of benzene rings is 1. The van der Waals surface area contributed by atoms with Crippen LogP contribution in [0.5, 0.6) is 0 Å². The van der Waals surface area contributed by atoms with Gasteiger partial charge in [0.1, 0.15) is 11.4 Å². The van der Waals surface area contributed by atoms with Gasteiger partial charge in [-0.2, -0.15) is 13.2 Å². The molecular formula is C16H19F4NO2. The molecule has 128 valence electrons. The fourth-order valence-electron chi connectivity index (χ4n) is 1.62. The third-order valence-electron chi connectivity index (χ3n) is 2.60. The summed E-state index contributed by atoms with van der Waals surface area (Å²) < 4.78 is 55.8. The second-order valence-corrected chi connectivity index (χ2v) is 5.85. The first-order valence-electron chi connectivity index (χ1n) is 6.99. The van der Waals surface area contributed by atoms with Crippen molar-refractivity contribution in [3.63, 3.8) is 0 Å². The average Bonchev–Trinajstić information content (AvgIpc) is 2.36. The van der Waals surface area contributed by atoms with Gasteiger partial charge in [-0.3, -0.25) is 0 Å². The zero-order valence-corrected chi connectivity index (χ0v) is 13.1. The number of amides is 1. The molecule has 1 N–H and O–H groups in total. The van der Waals surface area contributed by atoms with Crippen molar-refractivity contribution in [3.05, 3.63) is 41.2 Å². The van der Waals surface area contributed by atoms with Crippen LogP contribution in [0.1, 0.15) is 38.3 Å². The summed E-state index contributed by atoms with van der Waals surface area (Å²) >= 11 is 0. The molecule has 1 aromatic rings. The zero-order chi connectivity index (χ0) is 17.7. The van der Waals surface area contributed by atoms with E-state index in [2.05, 4.69) is 5.32 Å². The Hall–Kier alpha value is -2.05. The maximum atomic E-state index is 13.6. The molecule has 23 heavy (non-hydrogen) atoms. The summed E-state index contributed by atoms with van der Waals surface area (Å²) in [4.78, 5) is 11.4. The molecule has 0 aliphatic rings. The third kappa shape index (κ3) is 7.17. The number of alkyl halides is 3. The third-order valence-corrected chi connectivity index (χ3v) is 2.60. The minimum Gasteiger partial charge on any atom is -0.444 e. The van der Waals surface area contributed by atoms with Gasteiger partial charge in [-0.15, -0.1) is 0 Å². The second-order valence-electron chi connectivity index (χ2n) is 5.85. The summed E-state index contributed by atoms with van der Waals surface area (Å²) in [7, 11) is 0. The minimum absolute atomic E-state index is 0.0512. The van der Waals surface area contributed by atoms with Crippen LogP contribution in [-0.2, 0) is 10.9 Å². The molecule has 0 bridgehead atoms. The summed E-state index contributed by atoms with van der Waals surface area (Å²) in [6, 6.07) is 2.34. The van der Waals surface area contributed by atoms with Crippen LogP contribution in [0.3, 0.4) is 0 Å². The summed E-state index contributed by atoms with van der Waals surface area (Å²) in [5.74, 6) is -0.948. The van der Waals surface area contributed by atoms with Crippen LogP contribution in [0.25, 0.3) is 6.08 Å². The largest absolute Gasteiger partial charge is 0.444 e. The van der Waals surface area contributed by atoms with Gasteiger partial charge < -0.3 is 10.1 Å². The fourth-order valence-corrected chi connectivity index (χ4v) is 1.62. The predicted molar refractivity (Wildman–Crippen MR) is 79.3 cm³/mol. The molecular weight excluding hydrogens is 314 g/mol. The Bertz CT molecular complexity index is 574. The van der Waals surface area contributed by atoms with E-state index in [0.29, 0.717) is 12.5 Å². The van der Waals surface area contributed by atoms with Crippen LogP contribution in [0.15, 0.2) is 24.3 Å². The molecule has 1 rings (SSSR count). The number of nitrogens with one attached hydrogen (secondary N) is 1. The summed E-state index contributed by atoms with van der Waals surface area (Å²) in [5, 5.41) is 2.51. The monoisotopic (exact) mass is 333 g/mol. The van der Waals surface area contributed by atoms with Crippen LogP contribution < -0.4 is 5.32 Å². The van der Waals surface area contributed by atoms with E-state index < -0.39 is 29.3 Å². The van der Waals surface area contributed by atoms with Gasteiger partial charge in [0.25, 0.3) is 0 Å². The van der Waals surface area contributed by atoms with Gasteiger partial charge in [-0.25, -0.2) is 9.18 Å². The topological polar surface area (TPSA) is 38.3 Å². The average molecular weight is 333 g/mol. The van der Waals surface area contributed by atoms with Gasteiger partial charge in [-0.05, 0) is 39.3 Å². The first-order chi connectivity index (χ1) is 10.5. The van der Waals surface area contributed by atoms with Gasteiger partial charge in [0.15, 0.2) is 0 Å². The Morgan fingerprint density at radius 1 is 1.26 bits per heavy atom. The number of hydrogen-bond donors (Lipinski definition) is 1. The van der Waals surface area contributed by atoms with E-state index in [4.69, 9.17) is 4.74 Å². The van der Waals surface area contributed by atoms with Crippen molar-refractivity contribution in [3.8, 4) is 0 Å². The first kappa shape index (κ1) is 19.0. The van der Waals surface area contributed by atoms with Gasteiger partial charge >= 0.3 is 12.3 Å². The number of ether oxygens (including phenoxy) is 1. The normalized spacial score (nSPS) is 12.5. The summed E-state index contributed by atoms with van der Waals surface area (Å²) in [6.07, 6.45) is -1.82. The molecule has 7 heteroatoms. The Morgan fingerprint density at radius 3 is 2.43 bits per heavy atom. The van der Waals surface area contributed by atoms with Crippen molar-refractivity contribution in [1.29, 1.82) is 0 Å². The van der Waals surface area contributed by atoms with Gasteiger partial charge in [0.2, 0.25) is 0 Å². The minimum atomic E-state index is -4.57. The number of alkyl carbamates (subject to hydrolysis) is 1. The first-order valence-corrected chi connectivity index (χ1v) is 6.99. The van der Waals surface area contributed by atoms with Gasteiger partial charge in [-0.1, -0.05) is 18.2 Å². The van der Waals surface area contributed by atoms with Crippen molar-refractivity contribution < 1.29 is 27.1 Å². The lowest BCUT2D eigenvalue weighted by molar-refractivity contribution is -0.137. The Kier molecular flexibility index (Phi) is 6.18. The fraction of sp³-hybridized carbons (Fsp3) is 0.438. The van der Waals surface area contributed by atoms with Crippen molar-refractivity contribution in [2.24, 2.45) is 0 Å². The molecule has 1 aromatic carbocycles. The van der Waals surface area contributed by atoms with Crippen molar-refractivity contribution in [1.82, 2.24) is 5.32 Å². The highest BCUT2D eigenvalue weighted by molar-refractivity contribution is 5.67. The highest BCUT2D eigenvalue weighted by Gasteiger charge is 2.30. The lowest BCUT2D eigenvalue weighted by atomic mass is 10.1. The number of carbonyl (C=O) groups is 1. The standard InChI is InChI=1S/C16H19F4NO2/c1-15(2,3)23-14(22)21-9-5-4-6-11-7-8-12(10-13(11)17)16(18,19)20/h4,6-8,10H,5,9H2,1-3H3,(H,21,22). The van der Waals surface area contributed by atoms with E-state index in [0.717, 1.165) is 12.1 Å². The molecule has 0 aliphatic heterocycles. The Morgan fingerprint density at radius 2 is 1.91 bits per heavy atom. The maximum Gasteiger partial charge on any atom is 0.416 e. The van der Waals surface area contributed by atoms with Crippen molar-refractivity contribution in [2.75, 3.05) is 6.54 Å². The van der Waals surface area contributed by atoms with E-state index in [1.54, 1.807) is 26.8 Å². The highest BCUT2D eigenvalue weighted by Crippen LogP contribution is 2.30. The number of rotatable bonds is 4. The number of carbonyl (C=O) groups excluding carboxylic acids is 1. The molecule has 0 atom stereocenters. The number of halogens is 4. The molecule has 0 spiro atoms. The van der Waals surface area contributed by atoms with Crippen molar-refractivity contribution in [2.45, 2.75) is 39.0 Å². The second kappa shape index (κ2) is 7.48. The smallest absolute Gasteiger partial charge is 0.416 e. The summed E-state index contributed by atoms with van der Waals surface area (Å²) in [5.41, 5.74) is -1.57. The molecule has 1 amide bonds. The van der Waals surface area contributed by atoms with Gasteiger partial charge in [0, 0.05) is 12.1 Å². The molecule has 0 radical (unpaired) electrons. The van der Waals surface area contributed by atoms with Crippen LogP contribution in [-0.4, -0.2) is 18.2 Å². The molecule has 0 aliphatic carbocycles. The van der Waals surface area contributed by atoms with Crippen LogP contribution in [0.4, 0.5) is 22.4 Å². The summed E-state index contributed by atoms with van der Waals surface area (Å²) in [6.45, 7) is 5.48. The SMILES string of the molecule is CC(C)(C)OC(=O)NCCC=Cc1ccc(C(F)(F)F)cc1F. The predicted octanol–water partition coefficient (Wildman–Crippen LogP) is 4.77. The quantitative estimate of drug-likeness (QED) is 0.636. The molecule has 0 heterocycles. The van der Waals surface area contributed by atoms with Crippen molar-refractivity contribution >= 4 is 12.2 Å². The molecule has 0 aromatic heterocycles. The lowest BCUT2D eigenvalue weighted by Crippen LogP contribution is -2.32. The highest BCUT2D eigenvalue weighted by atomic mass is 19.4.